The first kappa shape index (κ1) is 12.0. The molecular weight excluding hydrogens is 214 g/mol. The van der Waals surface area contributed by atoms with Crippen molar-refractivity contribution in [2.24, 2.45) is 5.92 Å². The Morgan fingerprint density at radius 3 is 2.76 bits per heavy atom. The number of hydrogen-bond donors (Lipinski definition) is 1. The van der Waals surface area contributed by atoms with Crippen LogP contribution in [-0.2, 0) is 0 Å². The normalized spacial score (nSPS) is 16.1. The van der Waals surface area contributed by atoms with Gasteiger partial charge in [-0.25, -0.2) is 0 Å². The zero-order valence-corrected chi connectivity index (χ0v) is 10.2. The summed E-state index contributed by atoms with van der Waals surface area (Å²) in [5.74, 6) is 1.40. The van der Waals surface area contributed by atoms with E-state index in [-0.39, 0.29) is 5.78 Å². The van der Waals surface area contributed by atoms with E-state index in [9.17, 15) is 4.79 Å². The van der Waals surface area contributed by atoms with Crippen molar-refractivity contribution in [1.29, 1.82) is 0 Å². The Kier molecular flexibility index (Phi) is 3.67. The molecule has 3 heteroatoms. The first-order valence-electron chi connectivity index (χ1n) is 6.20. The topological polar surface area (TPSA) is 52.3 Å². The van der Waals surface area contributed by atoms with Crippen LogP contribution in [0.3, 0.4) is 0 Å². The number of ether oxygens (including phenoxy) is 1. The maximum absolute atomic E-state index is 11.3. The highest BCUT2D eigenvalue weighted by Crippen LogP contribution is 2.26. The lowest BCUT2D eigenvalue weighted by Gasteiger charge is -2.12. The standard InChI is InChI=1S/C14H19NO2/c1-10(16)13-8-12(6-7-14(13)15)17-9-11-4-2-3-5-11/h6-8,11H,2-5,9,15H2,1H3. The van der Waals surface area contributed by atoms with E-state index in [1.165, 1.54) is 32.6 Å². The number of nitrogens with two attached hydrogens (primary N) is 1. The van der Waals surface area contributed by atoms with Crippen LogP contribution < -0.4 is 10.5 Å². The summed E-state index contributed by atoms with van der Waals surface area (Å²) >= 11 is 0. The summed E-state index contributed by atoms with van der Waals surface area (Å²) in [5.41, 5.74) is 6.80. The second-order valence-corrected chi connectivity index (χ2v) is 4.77. The van der Waals surface area contributed by atoms with Crippen LogP contribution in [0.2, 0.25) is 0 Å². The maximum atomic E-state index is 11.3. The number of hydrogen-bond acceptors (Lipinski definition) is 3. The van der Waals surface area contributed by atoms with Gasteiger partial charge in [0.15, 0.2) is 5.78 Å². The Hall–Kier alpha value is -1.51. The minimum Gasteiger partial charge on any atom is -0.493 e. The van der Waals surface area contributed by atoms with Gasteiger partial charge >= 0.3 is 0 Å². The molecule has 0 aromatic heterocycles. The molecule has 2 N–H and O–H groups in total. The van der Waals surface area contributed by atoms with Crippen LogP contribution in [0.1, 0.15) is 43.0 Å². The molecule has 0 saturated heterocycles. The van der Waals surface area contributed by atoms with Crippen molar-refractivity contribution in [3.63, 3.8) is 0 Å². The molecule has 1 fully saturated rings. The fourth-order valence-electron chi connectivity index (χ4n) is 2.32. The van der Waals surface area contributed by atoms with Gasteiger partial charge < -0.3 is 10.5 Å². The van der Waals surface area contributed by atoms with Crippen molar-refractivity contribution >= 4 is 11.5 Å². The van der Waals surface area contributed by atoms with E-state index in [1.54, 1.807) is 12.1 Å². The highest BCUT2D eigenvalue weighted by atomic mass is 16.5. The Morgan fingerprint density at radius 2 is 2.12 bits per heavy atom. The van der Waals surface area contributed by atoms with Crippen molar-refractivity contribution in [1.82, 2.24) is 0 Å². The van der Waals surface area contributed by atoms with E-state index in [0.717, 1.165) is 12.4 Å². The van der Waals surface area contributed by atoms with Crippen molar-refractivity contribution in [3.8, 4) is 5.75 Å². The van der Waals surface area contributed by atoms with Crippen LogP contribution in [0, 0.1) is 5.92 Å². The fourth-order valence-corrected chi connectivity index (χ4v) is 2.32. The van der Waals surface area contributed by atoms with E-state index in [4.69, 9.17) is 10.5 Å². The van der Waals surface area contributed by atoms with Gasteiger partial charge in [0.1, 0.15) is 5.75 Å². The molecule has 2 rings (SSSR count). The summed E-state index contributed by atoms with van der Waals surface area (Å²) in [7, 11) is 0. The summed E-state index contributed by atoms with van der Waals surface area (Å²) in [6.45, 7) is 2.27. The van der Waals surface area contributed by atoms with Gasteiger partial charge in [-0.2, -0.15) is 0 Å². The van der Waals surface area contributed by atoms with Crippen LogP contribution in [-0.4, -0.2) is 12.4 Å². The third-order valence-electron chi connectivity index (χ3n) is 3.36. The SMILES string of the molecule is CC(=O)c1cc(OCC2CCCC2)ccc1N. The van der Waals surface area contributed by atoms with Crippen LogP contribution in [0.5, 0.6) is 5.75 Å². The number of ketones is 1. The van der Waals surface area contributed by atoms with Crippen molar-refractivity contribution in [3.05, 3.63) is 23.8 Å². The van der Waals surface area contributed by atoms with Crippen molar-refractivity contribution in [2.75, 3.05) is 12.3 Å². The molecule has 1 aromatic carbocycles. The van der Waals surface area contributed by atoms with Crippen LogP contribution >= 0.6 is 0 Å². The predicted molar refractivity (Wildman–Crippen MR) is 68.3 cm³/mol. The minimum atomic E-state index is -0.0196. The summed E-state index contributed by atoms with van der Waals surface area (Å²) in [5, 5.41) is 0. The van der Waals surface area contributed by atoms with E-state index in [1.807, 2.05) is 6.07 Å². The zero-order chi connectivity index (χ0) is 12.3. The maximum Gasteiger partial charge on any atom is 0.162 e. The highest BCUT2D eigenvalue weighted by molar-refractivity contribution is 5.99. The molecule has 17 heavy (non-hydrogen) atoms. The summed E-state index contributed by atoms with van der Waals surface area (Å²) in [4.78, 5) is 11.3. The molecule has 1 aliphatic carbocycles. The molecule has 1 saturated carbocycles. The molecular formula is C14H19NO2. The molecule has 1 aliphatic rings. The molecule has 92 valence electrons. The molecule has 0 heterocycles. The van der Waals surface area contributed by atoms with Gasteiger partial charge in [-0.15, -0.1) is 0 Å². The lowest BCUT2D eigenvalue weighted by Crippen LogP contribution is -2.09. The van der Waals surface area contributed by atoms with E-state index in [2.05, 4.69) is 0 Å². The predicted octanol–water partition coefficient (Wildman–Crippen LogP) is 3.04. The summed E-state index contributed by atoms with van der Waals surface area (Å²) in [6.07, 6.45) is 5.14. The molecule has 0 radical (unpaired) electrons. The molecule has 1 aromatic rings. The van der Waals surface area contributed by atoms with E-state index < -0.39 is 0 Å². The van der Waals surface area contributed by atoms with Gasteiger partial charge in [0, 0.05) is 11.3 Å². The number of Topliss-reactive ketones (excluding diaryl/α,β-unsaturated/α-hetero) is 1. The van der Waals surface area contributed by atoms with E-state index in [0.29, 0.717) is 17.2 Å². The summed E-state index contributed by atoms with van der Waals surface area (Å²) in [6, 6.07) is 5.31. The Balaban J connectivity index is 2.00. The monoisotopic (exact) mass is 233 g/mol. The number of anilines is 1. The number of nitrogen functional groups attached to an aromatic ring is 1. The molecule has 0 unspecified atom stereocenters. The first-order valence-corrected chi connectivity index (χ1v) is 6.20. The Bertz CT molecular complexity index is 409. The quantitative estimate of drug-likeness (QED) is 0.642. The minimum absolute atomic E-state index is 0.0196. The molecule has 0 bridgehead atoms. The lowest BCUT2D eigenvalue weighted by atomic mass is 10.1. The van der Waals surface area contributed by atoms with Gasteiger partial charge in [0.05, 0.1) is 6.61 Å². The van der Waals surface area contributed by atoms with Gasteiger partial charge in [0.2, 0.25) is 0 Å². The van der Waals surface area contributed by atoms with Crippen molar-refractivity contribution in [2.45, 2.75) is 32.6 Å². The largest absolute Gasteiger partial charge is 0.493 e. The summed E-state index contributed by atoms with van der Waals surface area (Å²) < 4.78 is 5.73. The second-order valence-electron chi connectivity index (χ2n) is 4.77. The number of carbonyl (C=O) groups is 1. The second kappa shape index (κ2) is 5.21. The Morgan fingerprint density at radius 1 is 1.41 bits per heavy atom. The highest BCUT2D eigenvalue weighted by Gasteiger charge is 2.15. The van der Waals surface area contributed by atoms with Crippen LogP contribution in [0.25, 0.3) is 0 Å². The lowest BCUT2D eigenvalue weighted by molar-refractivity contribution is 0.101. The average Bonchev–Trinajstić information content (AvgIpc) is 2.80. The number of carbonyl (C=O) groups excluding carboxylic acids is 1. The van der Waals surface area contributed by atoms with Gasteiger partial charge in [0.25, 0.3) is 0 Å². The average molecular weight is 233 g/mol. The van der Waals surface area contributed by atoms with E-state index >= 15 is 0 Å². The number of rotatable bonds is 4. The fraction of sp³-hybridized carbons (Fsp3) is 0.500. The van der Waals surface area contributed by atoms with Crippen LogP contribution in [0.4, 0.5) is 5.69 Å². The molecule has 0 atom stereocenters. The molecule has 0 amide bonds. The zero-order valence-electron chi connectivity index (χ0n) is 10.2. The third kappa shape index (κ3) is 2.99. The molecule has 3 nitrogen and oxygen atoms in total. The van der Waals surface area contributed by atoms with Crippen molar-refractivity contribution < 1.29 is 9.53 Å². The van der Waals surface area contributed by atoms with Gasteiger partial charge in [-0.3, -0.25) is 4.79 Å². The van der Waals surface area contributed by atoms with Crippen LogP contribution in [0.15, 0.2) is 18.2 Å². The van der Waals surface area contributed by atoms with Gasteiger partial charge in [-0.05, 0) is 43.9 Å². The van der Waals surface area contributed by atoms with Gasteiger partial charge in [-0.1, -0.05) is 12.8 Å². The number of benzene rings is 1. The smallest absolute Gasteiger partial charge is 0.162 e. The Labute approximate surface area is 102 Å². The molecule has 0 aliphatic heterocycles. The first-order chi connectivity index (χ1) is 8.16. The third-order valence-corrected chi connectivity index (χ3v) is 3.36. The molecule has 0 spiro atoms.